The van der Waals surface area contributed by atoms with E-state index in [-0.39, 0.29) is 12.2 Å². The van der Waals surface area contributed by atoms with Gasteiger partial charge >= 0.3 is 11.9 Å². The second kappa shape index (κ2) is 7.69. The quantitative estimate of drug-likeness (QED) is 0.356. The number of hydrogen-bond donors (Lipinski definition) is 0. The Morgan fingerprint density at radius 3 is 2.32 bits per heavy atom. The van der Waals surface area contributed by atoms with Crippen LogP contribution in [0.15, 0.2) is 36.4 Å². The number of carbonyl (C=O) groups excluding carboxylic acids is 3. The van der Waals surface area contributed by atoms with Crippen molar-refractivity contribution in [3.8, 4) is 11.5 Å². The Bertz CT molecular complexity index is 1240. The number of benzene rings is 3. The predicted octanol–water partition coefficient (Wildman–Crippen LogP) is 4.31. The van der Waals surface area contributed by atoms with Crippen LogP contribution in [0.2, 0.25) is 0 Å². The predicted molar refractivity (Wildman–Crippen MR) is 117 cm³/mol. The molecule has 0 saturated carbocycles. The van der Waals surface area contributed by atoms with Crippen molar-refractivity contribution in [2.75, 3.05) is 7.11 Å². The number of Topliss-reactive ketones (excluding diaryl/α,β-unsaturated/α-hetero) is 1. The molecule has 1 atom stereocenters. The van der Waals surface area contributed by atoms with Gasteiger partial charge in [0.05, 0.1) is 7.11 Å². The summed E-state index contributed by atoms with van der Waals surface area (Å²) >= 11 is 0. The first-order valence-corrected chi connectivity index (χ1v) is 10.2. The van der Waals surface area contributed by atoms with Crippen molar-refractivity contribution < 1.29 is 28.6 Å². The minimum Gasteiger partial charge on any atom is -0.496 e. The number of hydrogen-bond acceptors (Lipinski definition) is 6. The molecule has 0 spiro atoms. The number of fused-ring (bicyclic) bond motifs is 3. The number of esters is 2. The Morgan fingerprint density at radius 1 is 0.935 bits per heavy atom. The van der Waals surface area contributed by atoms with E-state index >= 15 is 0 Å². The van der Waals surface area contributed by atoms with Crippen LogP contribution in [0.4, 0.5) is 0 Å². The lowest BCUT2D eigenvalue weighted by Gasteiger charge is -2.36. The van der Waals surface area contributed by atoms with Gasteiger partial charge in [-0.15, -0.1) is 0 Å². The highest BCUT2D eigenvalue weighted by atomic mass is 16.6. The lowest BCUT2D eigenvalue weighted by Crippen LogP contribution is -2.46. The highest BCUT2D eigenvalue weighted by molar-refractivity contribution is 6.04. The maximum atomic E-state index is 12.5. The number of methoxy groups -OCH3 is 1. The van der Waals surface area contributed by atoms with Gasteiger partial charge in [-0.3, -0.25) is 14.4 Å². The third-order valence-corrected chi connectivity index (χ3v) is 5.95. The summed E-state index contributed by atoms with van der Waals surface area (Å²) in [6.45, 7) is 4.13. The van der Waals surface area contributed by atoms with Gasteiger partial charge in [-0.2, -0.15) is 0 Å². The largest absolute Gasteiger partial charge is 0.496 e. The molecule has 0 saturated heterocycles. The summed E-state index contributed by atoms with van der Waals surface area (Å²) in [5.41, 5.74) is 0.504. The zero-order valence-corrected chi connectivity index (χ0v) is 18.0. The maximum absolute atomic E-state index is 12.5. The van der Waals surface area contributed by atoms with E-state index in [4.69, 9.17) is 14.2 Å². The van der Waals surface area contributed by atoms with Crippen LogP contribution in [-0.2, 0) is 32.0 Å². The molecule has 0 radical (unpaired) electrons. The molecule has 0 aliphatic heterocycles. The van der Waals surface area contributed by atoms with Gasteiger partial charge in [0.25, 0.3) is 0 Å². The Labute approximate surface area is 180 Å². The molecule has 0 heterocycles. The van der Waals surface area contributed by atoms with E-state index in [1.165, 1.54) is 20.8 Å². The van der Waals surface area contributed by atoms with Crippen molar-refractivity contribution in [3.05, 3.63) is 47.5 Å². The lowest BCUT2D eigenvalue weighted by molar-refractivity contribution is -0.166. The van der Waals surface area contributed by atoms with Gasteiger partial charge in [0.1, 0.15) is 11.5 Å². The van der Waals surface area contributed by atoms with Crippen molar-refractivity contribution >= 4 is 39.3 Å². The molecule has 0 amide bonds. The van der Waals surface area contributed by atoms with Crippen molar-refractivity contribution in [2.45, 2.75) is 45.6 Å². The van der Waals surface area contributed by atoms with Crippen LogP contribution in [0.5, 0.6) is 11.5 Å². The van der Waals surface area contributed by atoms with Gasteiger partial charge in [0.15, 0.2) is 11.4 Å². The smallest absolute Gasteiger partial charge is 0.308 e. The monoisotopic (exact) mass is 420 g/mol. The Hall–Kier alpha value is -3.41. The van der Waals surface area contributed by atoms with Crippen LogP contribution >= 0.6 is 0 Å². The van der Waals surface area contributed by atoms with Gasteiger partial charge in [-0.05, 0) is 59.9 Å². The van der Waals surface area contributed by atoms with E-state index < -0.39 is 17.5 Å². The fourth-order valence-corrected chi connectivity index (χ4v) is 4.54. The number of carbonyl (C=O) groups is 3. The number of ketones is 1. The Morgan fingerprint density at radius 2 is 1.68 bits per heavy atom. The second-order valence-electron chi connectivity index (χ2n) is 8.01. The average Bonchev–Trinajstić information content (AvgIpc) is 2.70. The van der Waals surface area contributed by atoms with Gasteiger partial charge < -0.3 is 14.2 Å². The summed E-state index contributed by atoms with van der Waals surface area (Å²) in [6.07, 6.45) is 1.04. The summed E-state index contributed by atoms with van der Waals surface area (Å²) in [6, 6.07) is 11.8. The fraction of sp³-hybridized carbons (Fsp3) is 0.320. The first-order chi connectivity index (χ1) is 14.7. The third-order valence-electron chi connectivity index (χ3n) is 5.95. The Kier molecular flexibility index (Phi) is 5.17. The second-order valence-corrected chi connectivity index (χ2v) is 8.01. The van der Waals surface area contributed by atoms with Crippen LogP contribution in [0, 0.1) is 0 Å². The van der Waals surface area contributed by atoms with Crippen molar-refractivity contribution in [1.82, 2.24) is 0 Å². The summed E-state index contributed by atoms with van der Waals surface area (Å²) in [7, 11) is 1.62. The number of rotatable bonds is 4. The molecule has 0 bridgehead atoms. The molecule has 3 aromatic carbocycles. The minimum absolute atomic E-state index is 0.192. The zero-order valence-electron chi connectivity index (χ0n) is 18.0. The normalized spacial score (nSPS) is 17.8. The molecule has 1 aliphatic rings. The molecule has 6 nitrogen and oxygen atoms in total. The van der Waals surface area contributed by atoms with Gasteiger partial charge in [0.2, 0.25) is 0 Å². The standard InChI is InChI=1S/C25H24O6/c1-14(26)25(31-16(3)28)9-8-20-19(13-25)10-18-12-21-17(6-5-7-23(21)29-4)11-22(18)24(20)30-15(2)27/h5-7,10-12H,8-9,13H2,1-4H3. The van der Waals surface area contributed by atoms with Crippen LogP contribution in [-0.4, -0.2) is 30.4 Å². The summed E-state index contributed by atoms with van der Waals surface area (Å²) in [5.74, 6) is 0.149. The van der Waals surface area contributed by atoms with E-state index in [9.17, 15) is 14.4 Å². The summed E-state index contributed by atoms with van der Waals surface area (Å²) < 4.78 is 16.7. The number of ether oxygens (including phenoxy) is 3. The highest BCUT2D eigenvalue weighted by Gasteiger charge is 2.43. The van der Waals surface area contributed by atoms with Gasteiger partial charge in [-0.1, -0.05) is 18.2 Å². The van der Waals surface area contributed by atoms with E-state index in [1.807, 2.05) is 36.4 Å². The molecule has 4 rings (SSSR count). The van der Waals surface area contributed by atoms with Crippen molar-refractivity contribution in [2.24, 2.45) is 0 Å². The molecule has 31 heavy (non-hydrogen) atoms. The van der Waals surface area contributed by atoms with Crippen molar-refractivity contribution in [1.29, 1.82) is 0 Å². The van der Waals surface area contributed by atoms with Crippen molar-refractivity contribution in [3.63, 3.8) is 0 Å². The SMILES string of the molecule is COc1cccc2cc3c(OC(C)=O)c4c(cc3cc12)CC(OC(C)=O)(C(C)=O)CC4. The molecule has 160 valence electrons. The van der Waals surface area contributed by atoms with E-state index in [0.717, 1.165) is 38.4 Å². The molecular formula is C25H24O6. The van der Waals surface area contributed by atoms with E-state index in [0.29, 0.717) is 18.6 Å². The zero-order chi connectivity index (χ0) is 22.3. The van der Waals surface area contributed by atoms with Crippen LogP contribution < -0.4 is 9.47 Å². The van der Waals surface area contributed by atoms with E-state index in [1.54, 1.807) is 7.11 Å². The molecular weight excluding hydrogens is 396 g/mol. The van der Waals surface area contributed by atoms with Gasteiger partial charge in [-0.25, -0.2) is 0 Å². The average molecular weight is 420 g/mol. The van der Waals surface area contributed by atoms with Crippen LogP contribution in [0.25, 0.3) is 21.5 Å². The molecule has 1 aliphatic carbocycles. The van der Waals surface area contributed by atoms with E-state index in [2.05, 4.69) is 0 Å². The lowest BCUT2D eigenvalue weighted by atomic mass is 9.76. The maximum Gasteiger partial charge on any atom is 0.308 e. The van der Waals surface area contributed by atoms with Crippen LogP contribution in [0.1, 0.15) is 38.3 Å². The fourth-order valence-electron chi connectivity index (χ4n) is 4.54. The molecule has 0 fully saturated rings. The molecule has 1 unspecified atom stereocenters. The summed E-state index contributed by atoms with van der Waals surface area (Å²) in [4.78, 5) is 36.1. The topological polar surface area (TPSA) is 78.9 Å². The first kappa shape index (κ1) is 20.8. The summed E-state index contributed by atoms with van der Waals surface area (Å²) in [5, 5.41) is 3.57. The Balaban J connectivity index is 1.98. The molecule has 0 aromatic heterocycles. The highest BCUT2D eigenvalue weighted by Crippen LogP contribution is 2.43. The third kappa shape index (κ3) is 3.63. The van der Waals surface area contributed by atoms with Crippen LogP contribution in [0.3, 0.4) is 0 Å². The minimum atomic E-state index is -1.20. The molecule has 6 heteroatoms. The first-order valence-electron chi connectivity index (χ1n) is 10.2. The molecule has 3 aromatic rings. The molecule has 0 N–H and O–H groups in total. The van der Waals surface area contributed by atoms with Gasteiger partial charge in [0, 0.05) is 31.0 Å².